The van der Waals surface area contributed by atoms with Gasteiger partial charge in [-0.2, -0.15) is 0 Å². The van der Waals surface area contributed by atoms with Crippen LogP contribution < -0.4 is 0 Å². The van der Waals surface area contributed by atoms with Crippen molar-refractivity contribution in [3.8, 4) is 0 Å². The Labute approximate surface area is 68.2 Å². The summed E-state index contributed by atoms with van der Waals surface area (Å²) in [6.45, 7) is 0. The van der Waals surface area contributed by atoms with E-state index in [2.05, 4.69) is 0 Å². The molecule has 0 aliphatic carbocycles. The van der Waals surface area contributed by atoms with Crippen LogP contribution in [0.15, 0.2) is 28.8 Å². The summed E-state index contributed by atoms with van der Waals surface area (Å²) in [6, 6.07) is 4.60. The Hall–Kier alpha value is -1.65. The number of rotatable bonds is 1. The third kappa shape index (κ3) is 0.991. The van der Waals surface area contributed by atoms with Gasteiger partial charge in [0.1, 0.15) is 0 Å². The van der Waals surface area contributed by atoms with Gasteiger partial charge in [0.25, 0.3) is 0 Å². The normalized spacial score (nSPS) is 10.0. The first-order valence-corrected chi connectivity index (χ1v) is 3.38. The molecule has 0 spiro atoms. The zero-order valence-electron chi connectivity index (χ0n) is 6.06. The molecule has 1 aromatic heterocycles. The van der Waals surface area contributed by atoms with E-state index in [1.165, 1.54) is 19.3 Å². The van der Waals surface area contributed by atoms with Crippen LogP contribution in [0.3, 0.4) is 0 Å². The third-order valence-electron chi connectivity index (χ3n) is 1.67. The number of benzene rings is 1. The summed E-state index contributed by atoms with van der Waals surface area (Å²) in [5.74, 6) is 0. The van der Waals surface area contributed by atoms with Gasteiger partial charge in [-0.25, -0.2) is 0 Å². The summed E-state index contributed by atoms with van der Waals surface area (Å²) in [6.07, 6.45) is 1.55. The molecule has 0 unspecified atom stereocenters. The van der Waals surface area contributed by atoms with Crippen molar-refractivity contribution in [1.29, 1.82) is 0 Å². The van der Waals surface area contributed by atoms with Gasteiger partial charge in [-0.15, -0.1) is 0 Å². The van der Waals surface area contributed by atoms with E-state index >= 15 is 0 Å². The van der Waals surface area contributed by atoms with Crippen LogP contribution in [0.1, 0.15) is 0 Å². The number of hydrogen-bond donors (Lipinski definition) is 0. The number of hydrogen-bond acceptors (Lipinski definition) is 3. The Morgan fingerprint density at radius 3 is 3.08 bits per heavy atom. The molecular weight excluding hydrogens is 157 g/mol. The average Bonchev–Trinajstić information content (AvgIpc) is 2.49. The fourth-order valence-corrected chi connectivity index (χ4v) is 1.07. The Bertz CT molecular complexity index is 437. The van der Waals surface area contributed by atoms with Crippen molar-refractivity contribution in [2.24, 2.45) is 0 Å². The fraction of sp³-hybridized carbons (Fsp3) is 0. The maximum atomic E-state index is 10.3. The summed E-state index contributed by atoms with van der Waals surface area (Å²) in [7, 11) is 1.49. The van der Waals surface area contributed by atoms with Crippen molar-refractivity contribution in [2.45, 2.75) is 0 Å². The van der Waals surface area contributed by atoms with Crippen LogP contribution in [0.5, 0.6) is 0 Å². The molecule has 0 aliphatic rings. The quantitative estimate of drug-likeness (QED) is 0.472. The second-order valence-corrected chi connectivity index (χ2v) is 2.44. The van der Waals surface area contributed by atoms with Crippen molar-refractivity contribution in [3.63, 3.8) is 0 Å². The van der Waals surface area contributed by atoms with Gasteiger partial charge in [-0.1, -0.05) is 0 Å². The summed E-state index contributed by atoms with van der Waals surface area (Å²) in [5, 5.41) is 12.0. The Balaban J connectivity index is 2.68. The first-order valence-electron chi connectivity index (χ1n) is 3.38. The van der Waals surface area contributed by atoms with Crippen molar-refractivity contribution < 1.29 is 9.25 Å². The molecule has 0 bridgehead atoms. The molecule has 1 aromatic carbocycles. The van der Waals surface area contributed by atoms with E-state index in [-0.39, 0.29) is 5.69 Å². The van der Waals surface area contributed by atoms with Crippen LogP contribution in [0.25, 0.3) is 10.7 Å². The maximum absolute atomic E-state index is 10.3. The standard InChI is InChI=1S/C7H4BNO3/c10-9(11)6-2-1-5-4-12-8-7(5)3-6/h1-4H. The molecule has 2 aromatic rings. The van der Waals surface area contributed by atoms with E-state index in [0.29, 0.717) is 0 Å². The minimum atomic E-state index is -0.424. The van der Waals surface area contributed by atoms with Gasteiger partial charge in [0.05, 0.1) is 0 Å². The van der Waals surface area contributed by atoms with Crippen LogP contribution in [0.2, 0.25) is 0 Å². The fourth-order valence-electron chi connectivity index (χ4n) is 1.07. The van der Waals surface area contributed by atoms with Gasteiger partial charge in [-0.3, -0.25) is 0 Å². The first-order chi connectivity index (χ1) is 5.77. The second-order valence-electron chi connectivity index (χ2n) is 2.44. The van der Waals surface area contributed by atoms with Gasteiger partial charge in [0.2, 0.25) is 0 Å². The number of nitrogens with zero attached hydrogens (tertiary/aromatic N) is 1. The van der Waals surface area contributed by atoms with E-state index in [1.807, 2.05) is 0 Å². The van der Waals surface area contributed by atoms with E-state index < -0.39 is 4.92 Å². The molecule has 5 heteroatoms. The molecule has 12 heavy (non-hydrogen) atoms. The number of non-ortho nitro benzene ring substituents is 1. The van der Waals surface area contributed by atoms with Gasteiger partial charge in [0.15, 0.2) is 0 Å². The van der Waals surface area contributed by atoms with E-state index in [9.17, 15) is 10.1 Å². The van der Waals surface area contributed by atoms with E-state index in [1.54, 1.807) is 12.3 Å². The van der Waals surface area contributed by atoms with Crippen molar-refractivity contribution in [3.05, 3.63) is 34.6 Å². The minimum absolute atomic E-state index is 0.0869. The molecule has 0 N–H and O–H groups in total. The molecule has 58 valence electrons. The molecule has 0 amide bonds. The van der Waals surface area contributed by atoms with Gasteiger partial charge in [-0.05, 0) is 0 Å². The number of nitro benzene ring substituents is 1. The summed E-state index contributed by atoms with van der Waals surface area (Å²) >= 11 is 0. The van der Waals surface area contributed by atoms with Crippen LogP contribution in [-0.2, 0) is 0 Å². The molecule has 4 nitrogen and oxygen atoms in total. The van der Waals surface area contributed by atoms with Crippen molar-refractivity contribution >= 4 is 23.5 Å². The predicted molar refractivity (Wildman–Crippen MR) is 44.2 cm³/mol. The molecule has 2 rings (SSSR count). The molecule has 0 saturated carbocycles. The molecule has 0 radical (unpaired) electrons. The molecule has 0 aliphatic heterocycles. The van der Waals surface area contributed by atoms with Gasteiger partial charge in [0, 0.05) is 0 Å². The Morgan fingerprint density at radius 1 is 1.50 bits per heavy atom. The molecule has 0 fully saturated rings. The van der Waals surface area contributed by atoms with E-state index in [4.69, 9.17) is 4.33 Å². The Morgan fingerprint density at radius 2 is 2.33 bits per heavy atom. The van der Waals surface area contributed by atoms with Gasteiger partial charge < -0.3 is 0 Å². The van der Waals surface area contributed by atoms with Crippen LogP contribution in [-0.4, -0.2) is 12.0 Å². The van der Waals surface area contributed by atoms with Crippen LogP contribution in [0.4, 0.5) is 5.69 Å². The Kier molecular flexibility index (Phi) is 1.43. The third-order valence-corrected chi connectivity index (χ3v) is 1.67. The number of nitro groups is 1. The zero-order chi connectivity index (χ0) is 8.55. The van der Waals surface area contributed by atoms with Crippen LogP contribution >= 0.6 is 0 Å². The zero-order valence-corrected chi connectivity index (χ0v) is 6.06. The molecule has 0 saturated heterocycles. The van der Waals surface area contributed by atoms with Crippen molar-refractivity contribution in [2.75, 3.05) is 0 Å². The molecule has 1 heterocycles. The predicted octanol–water partition coefficient (Wildman–Crippen LogP) is 1.68. The SMILES string of the molecule is O=[N+]([O-])c1ccc2cobc2c1. The topological polar surface area (TPSA) is 56.3 Å². The number of fused-ring (bicyclic) bond motifs is 1. The van der Waals surface area contributed by atoms with Crippen LogP contribution in [0, 0.1) is 10.1 Å². The summed E-state index contributed by atoms with van der Waals surface area (Å²) in [4.78, 5) is 9.92. The molecule has 0 atom stereocenters. The average molecular weight is 161 g/mol. The van der Waals surface area contributed by atoms with E-state index in [0.717, 1.165) is 10.7 Å². The monoisotopic (exact) mass is 161 g/mol. The molecular formula is C7H4BNO3. The summed E-state index contributed by atoms with van der Waals surface area (Å²) in [5.41, 5.74) is 0.0869. The first kappa shape index (κ1) is 7.03. The van der Waals surface area contributed by atoms with Gasteiger partial charge >= 0.3 is 67.3 Å². The summed E-state index contributed by atoms with van der Waals surface area (Å²) < 4.78 is 4.88. The van der Waals surface area contributed by atoms with Crippen molar-refractivity contribution in [1.82, 2.24) is 0 Å². The second kappa shape index (κ2) is 2.44.